The van der Waals surface area contributed by atoms with Crippen LogP contribution in [0.4, 0.5) is 10.2 Å². The van der Waals surface area contributed by atoms with Crippen molar-refractivity contribution >= 4 is 17.4 Å². The molecule has 0 radical (unpaired) electrons. The molecule has 4 heteroatoms. The highest BCUT2D eigenvalue weighted by atomic mass is 35.5. The highest BCUT2D eigenvalue weighted by Gasteiger charge is 2.08. The molecular formula is C13H12ClFN2. The highest BCUT2D eigenvalue weighted by molar-refractivity contribution is 6.29. The van der Waals surface area contributed by atoms with Gasteiger partial charge < -0.3 is 4.90 Å². The van der Waals surface area contributed by atoms with Crippen LogP contribution in [-0.2, 0) is 0 Å². The standard InChI is InChI=1S/C13H12ClFN2/c1-17(2)13-8-9(7-12(14)16-13)10-5-3-4-6-11(10)15/h3-8H,1-2H3. The SMILES string of the molecule is CN(C)c1cc(-c2ccccc2F)cc(Cl)n1. The van der Waals surface area contributed by atoms with E-state index < -0.39 is 0 Å². The van der Waals surface area contributed by atoms with Crippen LogP contribution in [0.3, 0.4) is 0 Å². The van der Waals surface area contributed by atoms with Crippen molar-refractivity contribution in [1.82, 2.24) is 4.98 Å². The number of pyridine rings is 1. The minimum atomic E-state index is -0.264. The molecule has 2 aromatic rings. The molecule has 88 valence electrons. The van der Waals surface area contributed by atoms with Gasteiger partial charge in [-0.1, -0.05) is 29.8 Å². The normalized spacial score (nSPS) is 10.4. The van der Waals surface area contributed by atoms with Crippen LogP contribution >= 0.6 is 11.6 Å². The summed E-state index contributed by atoms with van der Waals surface area (Å²) in [4.78, 5) is 5.99. The van der Waals surface area contributed by atoms with E-state index in [1.807, 2.05) is 25.1 Å². The Bertz CT molecular complexity index is 541. The summed E-state index contributed by atoms with van der Waals surface area (Å²) in [6, 6.07) is 10.1. The van der Waals surface area contributed by atoms with E-state index in [4.69, 9.17) is 11.6 Å². The van der Waals surface area contributed by atoms with E-state index in [1.54, 1.807) is 24.3 Å². The maximum Gasteiger partial charge on any atom is 0.132 e. The average Bonchev–Trinajstić information content (AvgIpc) is 2.28. The summed E-state index contributed by atoms with van der Waals surface area (Å²) >= 11 is 5.94. The Kier molecular flexibility index (Phi) is 3.29. The molecule has 0 aliphatic heterocycles. The van der Waals surface area contributed by atoms with Crippen LogP contribution in [0.2, 0.25) is 5.15 Å². The van der Waals surface area contributed by atoms with Gasteiger partial charge in [-0.05, 0) is 23.8 Å². The molecule has 2 rings (SSSR count). The van der Waals surface area contributed by atoms with Crippen molar-refractivity contribution in [3.05, 3.63) is 47.4 Å². The molecule has 1 heterocycles. The Hall–Kier alpha value is -1.61. The van der Waals surface area contributed by atoms with Gasteiger partial charge in [-0.3, -0.25) is 0 Å². The minimum absolute atomic E-state index is 0.264. The molecule has 0 amide bonds. The Morgan fingerprint density at radius 1 is 1.18 bits per heavy atom. The van der Waals surface area contributed by atoms with Gasteiger partial charge in [-0.2, -0.15) is 0 Å². The van der Waals surface area contributed by atoms with E-state index in [1.165, 1.54) is 6.07 Å². The Morgan fingerprint density at radius 2 is 1.88 bits per heavy atom. The molecule has 0 aliphatic carbocycles. The number of halogens is 2. The molecule has 0 unspecified atom stereocenters. The van der Waals surface area contributed by atoms with Gasteiger partial charge in [0.05, 0.1) is 0 Å². The first kappa shape index (κ1) is 11.9. The zero-order chi connectivity index (χ0) is 12.4. The third kappa shape index (κ3) is 2.56. The van der Waals surface area contributed by atoms with Crippen LogP contribution in [0.15, 0.2) is 36.4 Å². The molecule has 0 spiro atoms. The molecule has 0 fully saturated rings. The van der Waals surface area contributed by atoms with E-state index >= 15 is 0 Å². The molecule has 0 saturated carbocycles. The topological polar surface area (TPSA) is 16.1 Å². The number of anilines is 1. The van der Waals surface area contributed by atoms with Crippen molar-refractivity contribution in [3.8, 4) is 11.1 Å². The summed E-state index contributed by atoms with van der Waals surface area (Å²) in [5.74, 6) is 0.440. The van der Waals surface area contributed by atoms with Crippen molar-refractivity contribution < 1.29 is 4.39 Å². The maximum absolute atomic E-state index is 13.7. The summed E-state index contributed by atoms with van der Waals surface area (Å²) in [6.45, 7) is 0. The first-order valence-electron chi connectivity index (χ1n) is 5.18. The van der Waals surface area contributed by atoms with Gasteiger partial charge in [0.2, 0.25) is 0 Å². The lowest BCUT2D eigenvalue weighted by Crippen LogP contribution is -2.10. The van der Waals surface area contributed by atoms with Crippen molar-refractivity contribution in [1.29, 1.82) is 0 Å². The quantitative estimate of drug-likeness (QED) is 0.757. The van der Waals surface area contributed by atoms with Gasteiger partial charge in [0.25, 0.3) is 0 Å². The first-order chi connectivity index (χ1) is 8.08. The molecule has 0 saturated heterocycles. The number of aromatic nitrogens is 1. The monoisotopic (exact) mass is 250 g/mol. The van der Waals surface area contributed by atoms with Gasteiger partial charge in [0, 0.05) is 19.7 Å². The molecule has 0 atom stereocenters. The van der Waals surface area contributed by atoms with Crippen LogP contribution in [0.25, 0.3) is 11.1 Å². The Labute approximate surface area is 105 Å². The van der Waals surface area contributed by atoms with E-state index in [0.29, 0.717) is 16.5 Å². The molecule has 2 nitrogen and oxygen atoms in total. The van der Waals surface area contributed by atoms with Crippen LogP contribution < -0.4 is 4.90 Å². The molecule has 0 bridgehead atoms. The van der Waals surface area contributed by atoms with Crippen molar-refractivity contribution in [2.75, 3.05) is 19.0 Å². The smallest absolute Gasteiger partial charge is 0.132 e. The van der Waals surface area contributed by atoms with E-state index in [9.17, 15) is 4.39 Å². The van der Waals surface area contributed by atoms with Crippen LogP contribution in [-0.4, -0.2) is 19.1 Å². The Balaban J connectivity index is 2.56. The van der Waals surface area contributed by atoms with Crippen molar-refractivity contribution in [2.24, 2.45) is 0 Å². The minimum Gasteiger partial charge on any atom is -0.363 e. The number of hydrogen-bond acceptors (Lipinski definition) is 2. The summed E-state index contributed by atoms with van der Waals surface area (Å²) in [5.41, 5.74) is 1.26. The van der Waals surface area contributed by atoms with Crippen molar-refractivity contribution in [2.45, 2.75) is 0 Å². The number of hydrogen-bond donors (Lipinski definition) is 0. The summed E-state index contributed by atoms with van der Waals surface area (Å²) < 4.78 is 13.7. The number of nitrogens with zero attached hydrogens (tertiary/aromatic N) is 2. The van der Waals surface area contributed by atoms with Crippen molar-refractivity contribution in [3.63, 3.8) is 0 Å². The second kappa shape index (κ2) is 4.72. The summed E-state index contributed by atoms with van der Waals surface area (Å²) in [5, 5.41) is 0.356. The second-order valence-electron chi connectivity index (χ2n) is 3.91. The predicted octanol–water partition coefficient (Wildman–Crippen LogP) is 3.61. The lowest BCUT2D eigenvalue weighted by atomic mass is 10.1. The largest absolute Gasteiger partial charge is 0.363 e. The fourth-order valence-corrected chi connectivity index (χ4v) is 1.77. The third-order valence-corrected chi connectivity index (χ3v) is 2.62. The van der Waals surface area contributed by atoms with Crippen LogP contribution in [0, 0.1) is 5.82 Å². The van der Waals surface area contributed by atoms with Crippen LogP contribution in [0.1, 0.15) is 0 Å². The summed E-state index contributed by atoms with van der Waals surface area (Å²) in [6.07, 6.45) is 0. The second-order valence-corrected chi connectivity index (χ2v) is 4.30. The van der Waals surface area contributed by atoms with Gasteiger partial charge in [0.1, 0.15) is 16.8 Å². The van der Waals surface area contributed by atoms with Crippen LogP contribution in [0.5, 0.6) is 0 Å². The predicted molar refractivity (Wildman–Crippen MR) is 69.0 cm³/mol. The molecular weight excluding hydrogens is 239 g/mol. The van der Waals surface area contributed by atoms with Gasteiger partial charge >= 0.3 is 0 Å². The highest BCUT2D eigenvalue weighted by Crippen LogP contribution is 2.27. The summed E-state index contributed by atoms with van der Waals surface area (Å²) in [7, 11) is 3.73. The molecule has 17 heavy (non-hydrogen) atoms. The number of benzene rings is 1. The molecule has 1 aromatic carbocycles. The number of rotatable bonds is 2. The maximum atomic E-state index is 13.7. The van der Waals surface area contributed by atoms with Gasteiger partial charge in [-0.15, -0.1) is 0 Å². The Morgan fingerprint density at radius 3 is 2.53 bits per heavy atom. The van der Waals surface area contributed by atoms with Gasteiger partial charge in [-0.25, -0.2) is 9.37 Å². The first-order valence-corrected chi connectivity index (χ1v) is 5.55. The van der Waals surface area contributed by atoms with E-state index in [0.717, 1.165) is 5.56 Å². The van der Waals surface area contributed by atoms with E-state index in [-0.39, 0.29) is 5.82 Å². The lowest BCUT2D eigenvalue weighted by Gasteiger charge is -2.13. The lowest BCUT2D eigenvalue weighted by molar-refractivity contribution is 0.631. The molecule has 0 aliphatic rings. The zero-order valence-electron chi connectivity index (χ0n) is 9.61. The molecule has 1 aromatic heterocycles. The fraction of sp³-hybridized carbons (Fsp3) is 0.154. The fourth-order valence-electron chi connectivity index (χ4n) is 1.56. The third-order valence-electron chi connectivity index (χ3n) is 2.42. The van der Waals surface area contributed by atoms with Gasteiger partial charge in [0.15, 0.2) is 0 Å². The molecule has 0 N–H and O–H groups in total. The van der Waals surface area contributed by atoms with E-state index in [2.05, 4.69) is 4.98 Å². The zero-order valence-corrected chi connectivity index (χ0v) is 10.4. The average molecular weight is 251 g/mol.